The van der Waals surface area contributed by atoms with E-state index in [4.69, 9.17) is 4.74 Å². The summed E-state index contributed by atoms with van der Waals surface area (Å²) in [6.45, 7) is 6.52. The van der Waals surface area contributed by atoms with Crippen molar-refractivity contribution in [3.8, 4) is 0 Å². The number of benzene rings is 1. The van der Waals surface area contributed by atoms with Crippen LogP contribution in [0.1, 0.15) is 51.6 Å². The molecule has 130 valence electrons. The maximum Gasteiger partial charge on any atom is 0.410 e. The van der Waals surface area contributed by atoms with Crippen LogP contribution in [0, 0.1) is 3.57 Å². The molecule has 4 nitrogen and oxygen atoms in total. The number of hydrogen-bond acceptors (Lipinski definition) is 2. The number of para-hydroxylation sites is 1. The summed E-state index contributed by atoms with van der Waals surface area (Å²) in [4.78, 5) is 14.6. The van der Waals surface area contributed by atoms with Gasteiger partial charge < -0.3 is 14.2 Å². The van der Waals surface area contributed by atoms with Crippen molar-refractivity contribution in [2.45, 2.75) is 51.7 Å². The fourth-order valence-electron chi connectivity index (χ4n) is 3.51. The third-order valence-corrected chi connectivity index (χ3v) is 5.33. The molecule has 1 atom stereocenters. The molecule has 24 heavy (non-hydrogen) atoms. The lowest BCUT2D eigenvalue weighted by Gasteiger charge is -2.37. The van der Waals surface area contributed by atoms with E-state index in [0.717, 1.165) is 25.8 Å². The largest absolute Gasteiger partial charge is 0.444 e. The van der Waals surface area contributed by atoms with E-state index in [0.29, 0.717) is 0 Å². The van der Waals surface area contributed by atoms with Crippen molar-refractivity contribution in [2.24, 2.45) is 7.05 Å². The highest BCUT2D eigenvalue weighted by atomic mass is 127. The number of halogens is 1. The van der Waals surface area contributed by atoms with Gasteiger partial charge >= 0.3 is 6.09 Å². The van der Waals surface area contributed by atoms with Crippen molar-refractivity contribution >= 4 is 39.6 Å². The highest BCUT2D eigenvalue weighted by Gasteiger charge is 2.32. The molecular weight excluding hydrogens is 415 g/mol. The molecule has 1 aliphatic rings. The summed E-state index contributed by atoms with van der Waals surface area (Å²) in [5.74, 6) is 0. The van der Waals surface area contributed by atoms with Gasteiger partial charge in [-0.25, -0.2) is 4.79 Å². The average molecular weight is 440 g/mol. The predicted octanol–water partition coefficient (Wildman–Crippen LogP) is 5.25. The van der Waals surface area contributed by atoms with E-state index in [1.807, 2.05) is 25.7 Å². The SMILES string of the molecule is Cn1cc(I)c2cccc(C3CCCCN3C(=O)OC(C)(C)C)c21. The van der Waals surface area contributed by atoms with Gasteiger partial charge in [-0.2, -0.15) is 0 Å². The second kappa shape index (κ2) is 6.58. The van der Waals surface area contributed by atoms with E-state index in [9.17, 15) is 4.79 Å². The van der Waals surface area contributed by atoms with Crippen LogP contribution >= 0.6 is 22.6 Å². The minimum absolute atomic E-state index is 0.0849. The molecule has 0 radical (unpaired) electrons. The number of rotatable bonds is 1. The van der Waals surface area contributed by atoms with Crippen molar-refractivity contribution in [3.63, 3.8) is 0 Å². The summed E-state index contributed by atoms with van der Waals surface area (Å²) in [6, 6.07) is 6.50. The number of hydrogen-bond donors (Lipinski definition) is 0. The number of piperidine rings is 1. The van der Waals surface area contributed by atoms with Gasteiger partial charge in [-0.05, 0) is 68.2 Å². The summed E-state index contributed by atoms with van der Waals surface area (Å²) in [7, 11) is 2.08. The standard InChI is InChI=1S/C19H25IN2O2/c1-19(2,3)24-18(23)22-11-6-5-10-16(22)14-9-7-8-13-15(20)12-21(4)17(13)14/h7-9,12,16H,5-6,10-11H2,1-4H3. The second-order valence-corrected chi connectivity index (χ2v) is 8.68. The summed E-state index contributed by atoms with van der Waals surface area (Å²) in [6.07, 6.45) is 5.11. The van der Waals surface area contributed by atoms with Gasteiger partial charge in [-0.1, -0.05) is 18.2 Å². The molecular formula is C19H25IN2O2. The molecule has 0 saturated carbocycles. The molecule has 1 fully saturated rings. The molecule has 0 aliphatic carbocycles. The predicted molar refractivity (Wildman–Crippen MR) is 105 cm³/mol. The molecule has 0 N–H and O–H groups in total. The average Bonchev–Trinajstić information content (AvgIpc) is 2.81. The Morgan fingerprint density at radius 1 is 1.29 bits per heavy atom. The Morgan fingerprint density at radius 3 is 2.75 bits per heavy atom. The zero-order valence-electron chi connectivity index (χ0n) is 14.8. The van der Waals surface area contributed by atoms with Crippen LogP contribution in [0.25, 0.3) is 10.9 Å². The first-order valence-corrected chi connectivity index (χ1v) is 9.59. The summed E-state index contributed by atoms with van der Waals surface area (Å²) >= 11 is 2.38. The van der Waals surface area contributed by atoms with Gasteiger partial charge in [0.05, 0.1) is 11.6 Å². The molecule has 5 heteroatoms. The van der Waals surface area contributed by atoms with E-state index in [2.05, 4.69) is 58.6 Å². The maximum atomic E-state index is 12.7. The van der Waals surface area contributed by atoms with Crippen LogP contribution in [0.3, 0.4) is 0 Å². The van der Waals surface area contributed by atoms with Gasteiger partial charge in [0.25, 0.3) is 0 Å². The van der Waals surface area contributed by atoms with E-state index < -0.39 is 5.60 Å². The molecule has 0 spiro atoms. The molecule has 1 saturated heterocycles. The first-order valence-electron chi connectivity index (χ1n) is 8.51. The fourth-order valence-corrected chi connectivity index (χ4v) is 4.37. The Balaban J connectivity index is 2.01. The quantitative estimate of drug-likeness (QED) is 0.569. The number of carbonyl (C=O) groups is 1. The van der Waals surface area contributed by atoms with Gasteiger partial charge in [-0.3, -0.25) is 0 Å². The monoisotopic (exact) mass is 440 g/mol. The Bertz CT molecular complexity index is 761. The first-order chi connectivity index (χ1) is 11.3. The normalized spacial score (nSPS) is 18.9. The van der Waals surface area contributed by atoms with Crippen LogP contribution in [0.15, 0.2) is 24.4 Å². The van der Waals surface area contributed by atoms with Gasteiger partial charge in [0.2, 0.25) is 0 Å². The lowest BCUT2D eigenvalue weighted by molar-refractivity contribution is 0.00965. The van der Waals surface area contributed by atoms with Gasteiger partial charge in [0, 0.05) is 28.7 Å². The third-order valence-electron chi connectivity index (χ3n) is 4.47. The van der Waals surface area contributed by atoms with Gasteiger partial charge in [-0.15, -0.1) is 0 Å². The number of aryl methyl sites for hydroxylation is 1. The lowest BCUT2D eigenvalue weighted by atomic mass is 9.94. The van der Waals surface area contributed by atoms with Gasteiger partial charge in [0.15, 0.2) is 0 Å². The van der Waals surface area contributed by atoms with E-state index in [-0.39, 0.29) is 12.1 Å². The van der Waals surface area contributed by atoms with Crippen molar-refractivity contribution in [1.29, 1.82) is 0 Å². The molecule has 2 heterocycles. The minimum Gasteiger partial charge on any atom is -0.444 e. The van der Waals surface area contributed by atoms with Gasteiger partial charge in [0.1, 0.15) is 5.60 Å². The van der Waals surface area contributed by atoms with Crippen molar-refractivity contribution in [3.05, 3.63) is 33.5 Å². The zero-order chi connectivity index (χ0) is 17.5. The van der Waals surface area contributed by atoms with Crippen LogP contribution in [-0.2, 0) is 11.8 Å². The highest BCUT2D eigenvalue weighted by molar-refractivity contribution is 14.1. The van der Waals surface area contributed by atoms with Crippen molar-refractivity contribution in [2.75, 3.05) is 6.54 Å². The maximum absolute atomic E-state index is 12.7. The van der Waals surface area contributed by atoms with E-state index in [1.165, 1.54) is 20.0 Å². The molecule has 3 rings (SSSR count). The smallest absolute Gasteiger partial charge is 0.410 e. The third kappa shape index (κ3) is 3.41. The summed E-state index contributed by atoms with van der Waals surface area (Å²) in [5.41, 5.74) is 1.98. The van der Waals surface area contributed by atoms with E-state index >= 15 is 0 Å². The number of nitrogens with zero attached hydrogens (tertiary/aromatic N) is 2. The molecule has 1 aliphatic heterocycles. The molecule has 1 unspecified atom stereocenters. The molecule has 0 bridgehead atoms. The van der Waals surface area contributed by atoms with E-state index in [1.54, 1.807) is 0 Å². The summed E-state index contributed by atoms with van der Waals surface area (Å²) < 4.78 is 9.07. The molecule has 1 aromatic heterocycles. The highest BCUT2D eigenvalue weighted by Crippen LogP contribution is 2.37. The number of amides is 1. The van der Waals surface area contributed by atoms with Crippen molar-refractivity contribution in [1.82, 2.24) is 9.47 Å². The summed E-state index contributed by atoms with van der Waals surface area (Å²) in [5, 5.41) is 1.25. The van der Waals surface area contributed by atoms with Crippen LogP contribution < -0.4 is 0 Å². The molecule has 1 aromatic carbocycles. The number of aromatic nitrogens is 1. The first kappa shape index (κ1) is 17.6. The topological polar surface area (TPSA) is 34.5 Å². The zero-order valence-corrected chi connectivity index (χ0v) is 17.0. The Kier molecular flexibility index (Phi) is 4.82. The van der Waals surface area contributed by atoms with Crippen molar-refractivity contribution < 1.29 is 9.53 Å². The number of ether oxygens (including phenoxy) is 1. The fraction of sp³-hybridized carbons (Fsp3) is 0.526. The number of likely N-dealkylation sites (tertiary alicyclic amines) is 1. The number of fused-ring (bicyclic) bond motifs is 1. The van der Waals surface area contributed by atoms with Crippen LogP contribution in [0.5, 0.6) is 0 Å². The van der Waals surface area contributed by atoms with Crippen LogP contribution in [0.4, 0.5) is 4.79 Å². The lowest BCUT2D eigenvalue weighted by Crippen LogP contribution is -2.42. The van der Waals surface area contributed by atoms with Crippen LogP contribution in [-0.4, -0.2) is 27.7 Å². The number of carbonyl (C=O) groups excluding carboxylic acids is 1. The second-order valence-electron chi connectivity index (χ2n) is 7.52. The Morgan fingerprint density at radius 2 is 2.04 bits per heavy atom. The minimum atomic E-state index is -0.467. The Labute approximate surface area is 157 Å². The molecule has 2 aromatic rings. The van der Waals surface area contributed by atoms with Crippen LogP contribution in [0.2, 0.25) is 0 Å². The Hall–Kier alpha value is -1.24. The molecule has 1 amide bonds.